The van der Waals surface area contributed by atoms with Crippen molar-refractivity contribution in [2.45, 2.75) is 39.7 Å². The Labute approximate surface area is 124 Å². The van der Waals surface area contributed by atoms with Gasteiger partial charge in [-0.15, -0.1) is 0 Å². The Balaban J connectivity index is 2.59. The van der Waals surface area contributed by atoms with Crippen molar-refractivity contribution >= 4 is 17.7 Å². The molecular weight excluding hydrogens is 270 g/mol. The number of nitrogens with one attached hydrogen (secondary N) is 1. The van der Waals surface area contributed by atoms with Gasteiger partial charge in [-0.25, -0.2) is 0 Å². The van der Waals surface area contributed by atoms with Crippen molar-refractivity contribution in [1.29, 1.82) is 0 Å². The summed E-state index contributed by atoms with van der Waals surface area (Å²) in [5.41, 5.74) is 0.0831. The number of aliphatic carboxylic acids is 1. The summed E-state index contributed by atoms with van der Waals surface area (Å²) in [6, 6.07) is 7.97. The predicted molar refractivity (Wildman–Crippen MR) is 79.0 cm³/mol. The average Bonchev–Trinajstić information content (AvgIpc) is 2.38. The maximum absolute atomic E-state index is 12.1. The van der Waals surface area contributed by atoms with Crippen molar-refractivity contribution in [1.82, 2.24) is 5.32 Å². The maximum atomic E-state index is 12.1. The Morgan fingerprint density at radius 1 is 1.14 bits per heavy atom. The van der Waals surface area contributed by atoms with E-state index in [1.807, 2.05) is 19.9 Å². The van der Waals surface area contributed by atoms with Crippen LogP contribution in [0.2, 0.25) is 0 Å². The predicted octanol–water partition coefficient (Wildman–Crippen LogP) is 2.27. The van der Waals surface area contributed by atoms with E-state index in [1.165, 1.54) is 6.92 Å². The van der Waals surface area contributed by atoms with E-state index in [0.717, 1.165) is 0 Å². The highest BCUT2D eigenvalue weighted by molar-refractivity contribution is 5.96. The molecule has 0 bridgehead atoms. The van der Waals surface area contributed by atoms with Gasteiger partial charge in [-0.2, -0.15) is 0 Å². The van der Waals surface area contributed by atoms with Gasteiger partial charge in [0.15, 0.2) is 5.78 Å². The molecule has 1 aromatic carbocycles. The normalized spacial score (nSPS) is 12.5. The molecule has 1 aromatic rings. The fraction of sp³-hybridized carbons (Fsp3) is 0.438. The van der Waals surface area contributed by atoms with Crippen molar-refractivity contribution in [3.63, 3.8) is 0 Å². The summed E-state index contributed by atoms with van der Waals surface area (Å²) in [5, 5.41) is 11.2. The Morgan fingerprint density at radius 2 is 1.71 bits per heavy atom. The highest BCUT2D eigenvalue weighted by Crippen LogP contribution is 2.27. The molecule has 0 aliphatic rings. The molecule has 0 spiro atoms. The smallest absolute Gasteiger partial charge is 0.325 e. The minimum absolute atomic E-state index is 0.0281. The minimum atomic E-state index is -1.08. The van der Waals surface area contributed by atoms with E-state index in [4.69, 9.17) is 5.11 Å². The quantitative estimate of drug-likeness (QED) is 0.755. The molecule has 0 aliphatic heterocycles. The van der Waals surface area contributed by atoms with E-state index < -0.39 is 17.4 Å². The van der Waals surface area contributed by atoms with Gasteiger partial charge < -0.3 is 10.4 Å². The van der Waals surface area contributed by atoms with Gasteiger partial charge in [0.25, 0.3) is 0 Å². The third-order valence-electron chi connectivity index (χ3n) is 3.12. The van der Waals surface area contributed by atoms with E-state index in [2.05, 4.69) is 5.32 Å². The number of carboxylic acid groups (broad SMARTS) is 1. The van der Waals surface area contributed by atoms with Crippen LogP contribution in [0.5, 0.6) is 0 Å². The van der Waals surface area contributed by atoms with Crippen molar-refractivity contribution in [2.24, 2.45) is 5.41 Å². The van der Waals surface area contributed by atoms with Crippen LogP contribution in [0.15, 0.2) is 30.3 Å². The summed E-state index contributed by atoms with van der Waals surface area (Å²) >= 11 is 0. The summed E-state index contributed by atoms with van der Waals surface area (Å²) < 4.78 is 0. The van der Waals surface area contributed by atoms with Gasteiger partial charge in [0.1, 0.15) is 6.04 Å². The van der Waals surface area contributed by atoms with Gasteiger partial charge in [-0.3, -0.25) is 14.4 Å². The fourth-order valence-electron chi connectivity index (χ4n) is 2.01. The van der Waals surface area contributed by atoms with Gasteiger partial charge >= 0.3 is 5.97 Å². The second-order valence-corrected chi connectivity index (χ2v) is 5.93. The standard InChI is InChI=1S/C16H21NO4/c1-11(15(20)21)17-14(19)10-16(2,3)9-13(18)12-7-5-4-6-8-12/h4-8,11H,9-10H2,1-3H3,(H,17,19)(H,20,21). The summed E-state index contributed by atoms with van der Waals surface area (Å²) in [6.45, 7) is 5.04. The van der Waals surface area contributed by atoms with Gasteiger partial charge in [0.2, 0.25) is 5.91 Å². The fourth-order valence-corrected chi connectivity index (χ4v) is 2.01. The lowest BCUT2D eigenvalue weighted by Crippen LogP contribution is -2.40. The van der Waals surface area contributed by atoms with Crippen molar-refractivity contribution in [3.05, 3.63) is 35.9 Å². The number of hydrogen-bond acceptors (Lipinski definition) is 3. The number of hydrogen-bond donors (Lipinski definition) is 2. The van der Waals surface area contributed by atoms with E-state index >= 15 is 0 Å². The van der Waals surface area contributed by atoms with Crippen LogP contribution in [0.3, 0.4) is 0 Å². The highest BCUT2D eigenvalue weighted by Gasteiger charge is 2.27. The highest BCUT2D eigenvalue weighted by atomic mass is 16.4. The molecule has 0 saturated heterocycles. The number of benzene rings is 1. The first-order valence-corrected chi connectivity index (χ1v) is 6.82. The molecule has 2 N–H and O–H groups in total. The van der Waals surface area contributed by atoms with Crippen LogP contribution in [0.4, 0.5) is 0 Å². The third-order valence-corrected chi connectivity index (χ3v) is 3.12. The Hall–Kier alpha value is -2.17. The first-order chi connectivity index (χ1) is 9.71. The van der Waals surface area contributed by atoms with E-state index in [1.54, 1.807) is 24.3 Å². The molecule has 0 fully saturated rings. The number of Topliss-reactive ketones (excluding diaryl/α,β-unsaturated/α-hetero) is 1. The molecule has 1 unspecified atom stereocenters. The van der Waals surface area contributed by atoms with Crippen LogP contribution in [0.25, 0.3) is 0 Å². The number of carbonyl (C=O) groups excluding carboxylic acids is 2. The van der Waals surface area contributed by atoms with Crippen LogP contribution in [-0.2, 0) is 9.59 Å². The molecular formula is C16H21NO4. The molecule has 5 nitrogen and oxygen atoms in total. The lowest BCUT2D eigenvalue weighted by atomic mass is 9.82. The van der Waals surface area contributed by atoms with Gasteiger partial charge in [-0.05, 0) is 12.3 Å². The molecule has 21 heavy (non-hydrogen) atoms. The molecule has 0 radical (unpaired) electrons. The summed E-state index contributed by atoms with van der Waals surface area (Å²) in [5.74, 6) is -1.48. The van der Waals surface area contributed by atoms with Gasteiger partial charge in [0, 0.05) is 18.4 Å². The minimum Gasteiger partial charge on any atom is -0.480 e. The van der Waals surface area contributed by atoms with E-state index in [0.29, 0.717) is 5.56 Å². The van der Waals surface area contributed by atoms with Crippen LogP contribution in [0.1, 0.15) is 44.0 Å². The Morgan fingerprint density at radius 3 is 2.24 bits per heavy atom. The number of carbonyl (C=O) groups is 3. The first-order valence-electron chi connectivity index (χ1n) is 6.82. The lowest BCUT2D eigenvalue weighted by molar-refractivity contribution is -0.141. The molecule has 5 heteroatoms. The molecule has 1 atom stereocenters. The average molecular weight is 291 g/mol. The van der Waals surface area contributed by atoms with Gasteiger partial charge in [0.05, 0.1) is 0 Å². The summed E-state index contributed by atoms with van der Waals surface area (Å²) in [4.78, 5) is 34.6. The third kappa shape index (κ3) is 5.77. The Bertz CT molecular complexity index is 522. The van der Waals surface area contributed by atoms with Crippen LogP contribution < -0.4 is 5.32 Å². The van der Waals surface area contributed by atoms with E-state index in [9.17, 15) is 14.4 Å². The molecule has 0 heterocycles. The molecule has 0 aromatic heterocycles. The van der Waals surface area contributed by atoms with Crippen LogP contribution in [0, 0.1) is 5.41 Å². The van der Waals surface area contributed by atoms with Crippen LogP contribution >= 0.6 is 0 Å². The maximum Gasteiger partial charge on any atom is 0.325 e. The number of carboxylic acids is 1. The molecule has 114 valence electrons. The second kappa shape index (κ2) is 7.02. The van der Waals surface area contributed by atoms with Crippen LogP contribution in [-0.4, -0.2) is 28.8 Å². The Kier molecular flexibility index (Phi) is 5.64. The SMILES string of the molecule is CC(NC(=O)CC(C)(C)CC(=O)c1ccccc1)C(=O)O. The zero-order chi connectivity index (χ0) is 16.0. The monoisotopic (exact) mass is 291 g/mol. The molecule has 1 rings (SSSR count). The molecule has 0 aliphatic carbocycles. The molecule has 0 saturated carbocycles. The lowest BCUT2D eigenvalue weighted by Gasteiger charge is -2.23. The van der Waals surface area contributed by atoms with Crippen molar-refractivity contribution in [3.8, 4) is 0 Å². The van der Waals surface area contributed by atoms with Crippen molar-refractivity contribution in [2.75, 3.05) is 0 Å². The molecule has 1 amide bonds. The zero-order valence-electron chi connectivity index (χ0n) is 12.6. The van der Waals surface area contributed by atoms with E-state index in [-0.39, 0.29) is 24.5 Å². The number of amides is 1. The summed E-state index contributed by atoms with van der Waals surface area (Å²) in [6.07, 6.45) is 0.328. The number of ketones is 1. The van der Waals surface area contributed by atoms with Crippen molar-refractivity contribution < 1.29 is 19.5 Å². The topological polar surface area (TPSA) is 83.5 Å². The second-order valence-electron chi connectivity index (χ2n) is 5.93. The number of rotatable bonds is 7. The van der Waals surface area contributed by atoms with Gasteiger partial charge in [-0.1, -0.05) is 44.2 Å². The zero-order valence-corrected chi connectivity index (χ0v) is 12.6. The summed E-state index contributed by atoms with van der Waals surface area (Å²) in [7, 11) is 0. The largest absolute Gasteiger partial charge is 0.480 e. The first kappa shape index (κ1) is 16.9.